The summed E-state index contributed by atoms with van der Waals surface area (Å²) in [6, 6.07) is 12.2. The van der Waals surface area contributed by atoms with Crippen molar-refractivity contribution >= 4 is 15.8 Å². The van der Waals surface area contributed by atoms with Crippen LogP contribution in [-0.4, -0.2) is 52.5 Å². The molecule has 0 aliphatic carbocycles. The predicted octanol–water partition coefficient (Wildman–Crippen LogP) is 5.69. The highest BCUT2D eigenvalue weighted by Gasteiger charge is 2.48. The third-order valence-electron chi connectivity index (χ3n) is 6.76. The summed E-state index contributed by atoms with van der Waals surface area (Å²) in [7, 11) is -4.32. The van der Waals surface area contributed by atoms with E-state index in [9.17, 15) is 26.0 Å². The van der Waals surface area contributed by atoms with Crippen molar-refractivity contribution in [3.63, 3.8) is 0 Å². The number of anilines is 1. The van der Waals surface area contributed by atoms with E-state index in [1.54, 1.807) is 6.07 Å². The van der Waals surface area contributed by atoms with E-state index in [0.29, 0.717) is 18.5 Å². The van der Waals surface area contributed by atoms with Gasteiger partial charge in [-0.3, -0.25) is 4.72 Å². The number of sulfonamides is 1. The molecule has 0 bridgehead atoms. The first-order valence-electron chi connectivity index (χ1n) is 13.9. The van der Waals surface area contributed by atoms with Crippen LogP contribution < -0.4 is 15.2 Å². The van der Waals surface area contributed by atoms with Gasteiger partial charge in [0, 0.05) is 17.8 Å². The third kappa shape index (κ3) is 8.08. The summed E-state index contributed by atoms with van der Waals surface area (Å²) < 4.78 is 88.4. The number of aromatic nitrogens is 5. The van der Waals surface area contributed by atoms with Gasteiger partial charge in [0.05, 0.1) is 11.6 Å². The van der Waals surface area contributed by atoms with E-state index < -0.39 is 39.2 Å². The Bertz CT molecular complexity index is 1680. The molecule has 0 saturated carbocycles. The molecule has 236 valence electrons. The summed E-state index contributed by atoms with van der Waals surface area (Å²) in [6.07, 6.45) is 2.54. The summed E-state index contributed by atoms with van der Waals surface area (Å²) >= 11 is 0. The molecule has 3 N–H and O–H groups in total. The van der Waals surface area contributed by atoms with Crippen molar-refractivity contribution < 1.29 is 30.7 Å². The molecule has 44 heavy (non-hydrogen) atoms. The van der Waals surface area contributed by atoms with Crippen LogP contribution in [0.25, 0.3) is 17.1 Å². The van der Waals surface area contributed by atoms with Gasteiger partial charge in [0.15, 0.2) is 16.7 Å². The highest BCUT2D eigenvalue weighted by Crippen LogP contribution is 2.38. The van der Waals surface area contributed by atoms with E-state index in [-0.39, 0.29) is 23.2 Å². The summed E-state index contributed by atoms with van der Waals surface area (Å²) in [5, 5.41) is 3.72. The normalized spacial score (nSPS) is 12.3. The lowest BCUT2D eigenvalue weighted by atomic mass is 9.94. The first-order valence-corrected chi connectivity index (χ1v) is 15.4. The smallest absolute Gasteiger partial charge is 0.397 e. The largest absolute Gasteiger partial charge is 0.476 e. The quantitative estimate of drug-likeness (QED) is 0.102. The van der Waals surface area contributed by atoms with Gasteiger partial charge in [-0.05, 0) is 57.4 Å². The third-order valence-corrected chi connectivity index (χ3v) is 8.02. The number of nitrogens with two attached hydrogens (primary N) is 1. The van der Waals surface area contributed by atoms with Crippen molar-refractivity contribution in [3.8, 4) is 23.0 Å². The van der Waals surface area contributed by atoms with E-state index in [1.165, 1.54) is 23.0 Å². The molecule has 0 aliphatic rings. The number of unbranched alkanes of at least 4 members (excludes halogenated alkanes) is 3. The number of pyridine rings is 1. The van der Waals surface area contributed by atoms with Crippen molar-refractivity contribution in [2.24, 2.45) is 11.1 Å². The summed E-state index contributed by atoms with van der Waals surface area (Å²) in [4.78, 5) is 12.4. The fourth-order valence-corrected chi connectivity index (χ4v) is 5.07. The van der Waals surface area contributed by atoms with E-state index in [4.69, 9.17) is 10.5 Å². The number of ether oxygens (including phenoxy) is 1. The Morgan fingerprint density at radius 1 is 0.977 bits per heavy atom. The minimum Gasteiger partial charge on any atom is -0.476 e. The van der Waals surface area contributed by atoms with Gasteiger partial charge in [-0.1, -0.05) is 43.2 Å². The second-order valence-corrected chi connectivity index (χ2v) is 12.3. The van der Waals surface area contributed by atoms with Gasteiger partial charge in [0.2, 0.25) is 11.8 Å². The van der Waals surface area contributed by atoms with E-state index in [1.807, 2.05) is 18.2 Å². The molecule has 1 aromatic carbocycles. The van der Waals surface area contributed by atoms with Crippen LogP contribution in [0.5, 0.6) is 5.88 Å². The van der Waals surface area contributed by atoms with Crippen molar-refractivity contribution in [2.45, 2.75) is 57.2 Å². The second kappa shape index (κ2) is 13.7. The van der Waals surface area contributed by atoms with Crippen LogP contribution in [0.15, 0.2) is 66.0 Å². The van der Waals surface area contributed by atoms with E-state index in [0.717, 1.165) is 63.4 Å². The predicted molar refractivity (Wildman–Crippen MR) is 156 cm³/mol. The van der Waals surface area contributed by atoms with Crippen molar-refractivity contribution in [1.29, 1.82) is 0 Å². The number of nitrogens with zero attached hydrogens (tertiary/aromatic N) is 5. The van der Waals surface area contributed by atoms with Gasteiger partial charge in [0.1, 0.15) is 12.3 Å². The van der Waals surface area contributed by atoms with E-state index in [2.05, 4.69) is 24.8 Å². The van der Waals surface area contributed by atoms with Gasteiger partial charge in [-0.25, -0.2) is 19.6 Å². The number of benzene rings is 1. The molecule has 0 amide bonds. The fourth-order valence-electron chi connectivity index (χ4n) is 4.13. The average Bonchev–Trinajstić information content (AvgIpc) is 3.44. The summed E-state index contributed by atoms with van der Waals surface area (Å²) in [5.74, 6) is -1.02. The van der Waals surface area contributed by atoms with Gasteiger partial charge >= 0.3 is 6.18 Å². The molecule has 4 rings (SSSR count). The highest BCUT2D eigenvalue weighted by molar-refractivity contribution is 7.92. The van der Waals surface area contributed by atoms with Crippen molar-refractivity contribution in [2.75, 3.05) is 17.9 Å². The lowest BCUT2D eigenvalue weighted by Crippen LogP contribution is -2.37. The first-order chi connectivity index (χ1) is 20.8. The van der Waals surface area contributed by atoms with Crippen LogP contribution in [0, 0.1) is 11.4 Å². The van der Waals surface area contributed by atoms with Gasteiger partial charge in [-0.2, -0.15) is 26.0 Å². The van der Waals surface area contributed by atoms with Crippen LogP contribution >= 0.6 is 0 Å². The molecule has 0 aliphatic heterocycles. The zero-order valence-electron chi connectivity index (χ0n) is 24.2. The van der Waals surface area contributed by atoms with Crippen molar-refractivity contribution in [1.82, 2.24) is 24.7 Å². The number of rotatable bonds is 14. The molecule has 0 spiro atoms. The lowest BCUT2D eigenvalue weighted by molar-refractivity contribution is -0.219. The molecule has 0 fully saturated rings. The molecule has 0 unspecified atom stereocenters. The Morgan fingerprint density at radius 3 is 2.45 bits per heavy atom. The molecule has 15 heteroatoms. The SMILES string of the molecule is CC(C)(COc1ccn(-c2ncc(NS(=O)(=O)c3cccc(F)n3)nc2-c2ccccc2CCCCCCN)n1)C(F)(F)F. The number of aryl methyl sites for hydroxylation is 1. The molecule has 4 aromatic rings. The maximum atomic E-state index is 13.6. The van der Waals surface area contributed by atoms with Crippen LogP contribution in [-0.2, 0) is 16.4 Å². The maximum absolute atomic E-state index is 13.6. The maximum Gasteiger partial charge on any atom is 0.397 e. The molecule has 3 aromatic heterocycles. The number of hydrogen-bond acceptors (Lipinski definition) is 8. The Labute approximate surface area is 252 Å². The number of hydrogen-bond donors (Lipinski definition) is 2. The van der Waals surface area contributed by atoms with Gasteiger partial charge in [0.25, 0.3) is 10.0 Å². The Balaban J connectivity index is 1.71. The van der Waals surface area contributed by atoms with Crippen LogP contribution in [0.3, 0.4) is 0 Å². The molecule has 0 atom stereocenters. The second-order valence-electron chi connectivity index (χ2n) is 10.7. The lowest BCUT2D eigenvalue weighted by Gasteiger charge is -2.26. The van der Waals surface area contributed by atoms with Crippen LogP contribution in [0.4, 0.5) is 23.4 Å². The highest BCUT2D eigenvalue weighted by atomic mass is 32.2. The Kier molecular flexibility index (Phi) is 10.2. The Morgan fingerprint density at radius 2 is 1.73 bits per heavy atom. The standard InChI is InChI=1S/C29H33F4N7O3S/c1-28(2,29(31,32)33)19-43-24-15-17-40(38-24)27-26(21-12-7-6-11-20(21)10-5-3-4-8-16-34)37-23(18-35-27)39-44(41,42)25-14-9-13-22(30)36-25/h6-7,9,11-15,17-18H,3-5,8,10,16,19,34H2,1-2H3,(H,37,39). The number of nitrogens with one attached hydrogen (secondary N) is 1. The molecular weight excluding hydrogens is 602 g/mol. The zero-order valence-corrected chi connectivity index (χ0v) is 25.0. The first kappa shape index (κ1) is 32.8. The van der Waals surface area contributed by atoms with Crippen LogP contribution in [0.2, 0.25) is 0 Å². The monoisotopic (exact) mass is 635 g/mol. The van der Waals surface area contributed by atoms with Crippen LogP contribution in [0.1, 0.15) is 45.1 Å². The van der Waals surface area contributed by atoms with Gasteiger partial charge in [-0.15, -0.1) is 5.10 Å². The molecule has 0 radical (unpaired) electrons. The molecule has 10 nitrogen and oxygen atoms in total. The fraction of sp³-hybridized carbons (Fsp3) is 0.379. The molecule has 0 saturated heterocycles. The summed E-state index contributed by atoms with van der Waals surface area (Å²) in [6.45, 7) is 2.01. The average molecular weight is 636 g/mol. The molecular formula is C29H33F4N7O3S. The minimum absolute atomic E-state index is 0.0646. The minimum atomic E-state index is -4.48. The van der Waals surface area contributed by atoms with Gasteiger partial charge < -0.3 is 10.5 Å². The number of halogens is 4. The van der Waals surface area contributed by atoms with E-state index >= 15 is 0 Å². The van der Waals surface area contributed by atoms with Crippen molar-refractivity contribution in [3.05, 3.63) is 72.4 Å². The number of alkyl halides is 3. The summed E-state index contributed by atoms with van der Waals surface area (Å²) in [5.41, 5.74) is 5.31. The Hall–Kier alpha value is -4.11. The molecule has 3 heterocycles. The zero-order chi connectivity index (χ0) is 32.0. The topological polar surface area (TPSA) is 138 Å².